The first kappa shape index (κ1) is 11.9. The molecule has 0 aliphatic carbocycles. The lowest BCUT2D eigenvalue weighted by Gasteiger charge is -2.12. The molecule has 2 nitrogen and oxygen atoms in total. The maximum atomic E-state index is 5.87. The average Bonchev–Trinajstić information content (AvgIpc) is 2.14. The van der Waals surface area contributed by atoms with Crippen molar-refractivity contribution >= 4 is 34.8 Å². The predicted molar refractivity (Wildman–Crippen MR) is 59.6 cm³/mol. The van der Waals surface area contributed by atoms with Gasteiger partial charge in [-0.1, -0.05) is 41.7 Å². The molecule has 78 valence electrons. The molecule has 0 saturated heterocycles. The monoisotopic (exact) mass is 253 g/mol. The molecule has 1 unspecified atom stereocenters. The number of pyridine rings is 1. The first-order valence-corrected chi connectivity index (χ1v) is 5.36. The molecule has 0 radical (unpaired) electrons. The minimum absolute atomic E-state index is 0.0530. The van der Waals surface area contributed by atoms with Crippen LogP contribution in [0.1, 0.15) is 20.3 Å². The van der Waals surface area contributed by atoms with E-state index in [-0.39, 0.29) is 11.3 Å². The Morgan fingerprint density at radius 3 is 2.57 bits per heavy atom. The molecule has 0 N–H and O–H groups in total. The zero-order valence-corrected chi connectivity index (χ0v) is 10.1. The third kappa shape index (κ3) is 2.91. The topological polar surface area (TPSA) is 22.1 Å². The molecule has 0 fully saturated rings. The fourth-order valence-electron chi connectivity index (χ4n) is 0.785. The molecule has 0 aliphatic heterocycles. The van der Waals surface area contributed by atoms with Gasteiger partial charge in [-0.05, 0) is 19.4 Å². The molecule has 0 bridgehead atoms. The zero-order valence-electron chi connectivity index (χ0n) is 7.85. The standard InChI is InChI=1S/C9H10Cl3NO/c1-3-5(2)14-9-7(11)4-6(10)8(12)13-9/h4-5H,3H2,1-2H3. The van der Waals surface area contributed by atoms with E-state index in [1.54, 1.807) is 0 Å². The van der Waals surface area contributed by atoms with Gasteiger partial charge >= 0.3 is 0 Å². The lowest BCUT2D eigenvalue weighted by atomic mass is 10.3. The summed E-state index contributed by atoms with van der Waals surface area (Å²) in [5, 5.41) is 0.905. The Morgan fingerprint density at radius 1 is 1.36 bits per heavy atom. The minimum Gasteiger partial charge on any atom is -0.474 e. The zero-order chi connectivity index (χ0) is 10.7. The van der Waals surface area contributed by atoms with E-state index in [1.807, 2.05) is 13.8 Å². The molecular weight excluding hydrogens is 244 g/mol. The van der Waals surface area contributed by atoms with E-state index >= 15 is 0 Å². The van der Waals surface area contributed by atoms with Gasteiger partial charge in [0.05, 0.1) is 11.1 Å². The molecule has 0 saturated carbocycles. The smallest absolute Gasteiger partial charge is 0.234 e. The Bertz CT molecular complexity index is 330. The van der Waals surface area contributed by atoms with Crippen LogP contribution in [0.25, 0.3) is 0 Å². The van der Waals surface area contributed by atoms with Gasteiger partial charge in [-0.15, -0.1) is 0 Å². The largest absolute Gasteiger partial charge is 0.474 e. The van der Waals surface area contributed by atoms with Gasteiger partial charge in [0.1, 0.15) is 5.02 Å². The van der Waals surface area contributed by atoms with Crippen molar-refractivity contribution in [3.8, 4) is 5.88 Å². The highest BCUT2D eigenvalue weighted by Crippen LogP contribution is 2.30. The van der Waals surface area contributed by atoms with E-state index in [9.17, 15) is 0 Å². The fraction of sp³-hybridized carbons (Fsp3) is 0.444. The maximum absolute atomic E-state index is 5.87. The normalized spacial score (nSPS) is 12.6. The average molecular weight is 255 g/mol. The van der Waals surface area contributed by atoms with Gasteiger partial charge in [0.25, 0.3) is 0 Å². The van der Waals surface area contributed by atoms with E-state index in [0.29, 0.717) is 15.9 Å². The van der Waals surface area contributed by atoms with E-state index in [1.165, 1.54) is 6.07 Å². The van der Waals surface area contributed by atoms with Crippen LogP contribution < -0.4 is 4.74 Å². The third-order valence-electron chi connectivity index (χ3n) is 1.74. The molecule has 1 aromatic heterocycles. The van der Waals surface area contributed by atoms with E-state index in [4.69, 9.17) is 39.5 Å². The quantitative estimate of drug-likeness (QED) is 0.754. The van der Waals surface area contributed by atoms with E-state index in [0.717, 1.165) is 6.42 Å². The van der Waals surface area contributed by atoms with Crippen molar-refractivity contribution in [3.63, 3.8) is 0 Å². The van der Waals surface area contributed by atoms with E-state index in [2.05, 4.69) is 4.98 Å². The molecule has 0 amide bonds. The summed E-state index contributed by atoms with van der Waals surface area (Å²) in [5.74, 6) is 0.329. The van der Waals surface area contributed by atoms with Crippen LogP contribution in [0, 0.1) is 0 Å². The van der Waals surface area contributed by atoms with Gasteiger partial charge in [0.2, 0.25) is 5.88 Å². The van der Waals surface area contributed by atoms with Crippen molar-refractivity contribution in [3.05, 3.63) is 21.3 Å². The first-order chi connectivity index (χ1) is 6.54. The Hall–Kier alpha value is -0.180. The van der Waals surface area contributed by atoms with Gasteiger partial charge in [-0.3, -0.25) is 0 Å². The van der Waals surface area contributed by atoms with Crippen LogP contribution in [0.4, 0.5) is 0 Å². The maximum Gasteiger partial charge on any atom is 0.234 e. The number of ether oxygens (including phenoxy) is 1. The van der Waals surface area contributed by atoms with Crippen molar-refractivity contribution < 1.29 is 4.74 Å². The van der Waals surface area contributed by atoms with Gasteiger partial charge in [-0.2, -0.15) is 4.98 Å². The van der Waals surface area contributed by atoms with Crippen LogP contribution >= 0.6 is 34.8 Å². The number of hydrogen-bond donors (Lipinski definition) is 0. The Morgan fingerprint density at radius 2 is 2.00 bits per heavy atom. The molecule has 0 aromatic carbocycles. The highest BCUT2D eigenvalue weighted by atomic mass is 35.5. The predicted octanol–water partition coefficient (Wildman–Crippen LogP) is 4.22. The summed E-state index contributed by atoms with van der Waals surface area (Å²) in [6.07, 6.45) is 0.926. The minimum atomic E-state index is 0.0530. The SMILES string of the molecule is CCC(C)Oc1nc(Cl)c(Cl)cc1Cl. The Labute approximate surface area is 98.1 Å². The summed E-state index contributed by atoms with van der Waals surface area (Å²) < 4.78 is 5.44. The lowest BCUT2D eigenvalue weighted by Crippen LogP contribution is -2.11. The van der Waals surface area contributed by atoms with Crippen LogP contribution in [0.15, 0.2) is 6.07 Å². The second-order valence-corrected chi connectivity index (χ2v) is 4.06. The number of halogens is 3. The molecule has 0 aliphatic rings. The van der Waals surface area contributed by atoms with Crippen molar-refractivity contribution in [2.75, 3.05) is 0 Å². The van der Waals surface area contributed by atoms with Crippen LogP contribution in [0.5, 0.6) is 5.88 Å². The molecule has 1 rings (SSSR count). The summed E-state index contributed by atoms with van der Waals surface area (Å²) >= 11 is 17.3. The van der Waals surface area contributed by atoms with Crippen LogP contribution in [0.3, 0.4) is 0 Å². The second-order valence-electron chi connectivity index (χ2n) is 2.88. The summed E-state index contributed by atoms with van der Waals surface area (Å²) in [7, 11) is 0. The fourth-order valence-corrected chi connectivity index (χ4v) is 1.32. The summed E-state index contributed by atoms with van der Waals surface area (Å²) in [6.45, 7) is 3.94. The molecule has 0 spiro atoms. The molecule has 1 aromatic rings. The molecule has 1 heterocycles. The van der Waals surface area contributed by atoms with Gasteiger partial charge in [-0.25, -0.2) is 0 Å². The number of hydrogen-bond acceptors (Lipinski definition) is 2. The summed E-state index contributed by atoms with van der Waals surface area (Å²) in [4.78, 5) is 3.94. The lowest BCUT2D eigenvalue weighted by molar-refractivity contribution is 0.209. The van der Waals surface area contributed by atoms with Crippen LogP contribution in [0.2, 0.25) is 15.2 Å². The van der Waals surface area contributed by atoms with Gasteiger partial charge in [0.15, 0.2) is 5.15 Å². The molecule has 14 heavy (non-hydrogen) atoms. The molecule has 5 heteroatoms. The van der Waals surface area contributed by atoms with Crippen LogP contribution in [-0.4, -0.2) is 11.1 Å². The summed E-state index contributed by atoms with van der Waals surface area (Å²) in [5.41, 5.74) is 0. The molecule has 1 atom stereocenters. The first-order valence-electron chi connectivity index (χ1n) is 4.22. The highest BCUT2D eigenvalue weighted by Gasteiger charge is 2.11. The second kappa shape index (κ2) is 5.06. The number of nitrogens with zero attached hydrogens (tertiary/aromatic N) is 1. The number of aromatic nitrogens is 1. The highest BCUT2D eigenvalue weighted by molar-refractivity contribution is 6.42. The van der Waals surface area contributed by atoms with Gasteiger partial charge < -0.3 is 4.74 Å². The Balaban J connectivity index is 2.92. The summed E-state index contributed by atoms with van der Waals surface area (Å²) in [6, 6.07) is 1.52. The van der Waals surface area contributed by atoms with Gasteiger partial charge in [0, 0.05) is 0 Å². The van der Waals surface area contributed by atoms with Crippen molar-refractivity contribution in [1.82, 2.24) is 4.98 Å². The van der Waals surface area contributed by atoms with Crippen molar-refractivity contribution in [2.45, 2.75) is 26.4 Å². The van der Waals surface area contributed by atoms with E-state index < -0.39 is 0 Å². The Kier molecular flexibility index (Phi) is 4.30. The van der Waals surface area contributed by atoms with Crippen LogP contribution in [-0.2, 0) is 0 Å². The van der Waals surface area contributed by atoms with Crippen molar-refractivity contribution in [1.29, 1.82) is 0 Å². The third-order valence-corrected chi connectivity index (χ3v) is 2.69. The molecular formula is C9H10Cl3NO. The number of rotatable bonds is 3. The van der Waals surface area contributed by atoms with Crippen molar-refractivity contribution in [2.24, 2.45) is 0 Å².